The van der Waals surface area contributed by atoms with E-state index in [1.54, 1.807) is 21.9 Å². The van der Waals surface area contributed by atoms with E-state index in [0.29, 0.717) is 18.9 Å². The van der Waals surface area contributed by atoms with Crippen LogP contribution >= 0.6 is 0 Å². The second-order valence-electron chi connectivity index (χ2n) is 6.04. The first-order chi connectivity index (χ1) is 12.7. The molecule has 4 rings (SSSR count). The summed E-state index contributed by atoms with van der Waals surface area (Å²) in [6.07, 6.45) is 6.55. The average Bonchev–Trinajstić information content (AvgIpc) is 3.35. The van der Waals surface area contributed by atoms with E-state index in [4.69, 9.17) is 0 Å². The van der Waals surface area contributed by atoms with Gasteiger partial charge in [0.25, 0.3) is 0 Å². The normalized spacial score (nSPS) is 14.7. The van der Waals surface area contributed by atoms with Crippen LogP contribution in [0.3, 0.4) is 0 Å². The van der Waals surface area contributed by atoms with Gasteiger partial charge in [-0.3, -0.25) is 4.79 Å². The third-order valence-electron chi connectivity index (χ3n) is 4.27. The van der Waals surface area contributed by atoms with Crippen molar-refractivity contribution in [2.24, 2.45) is 0 Å². The van der Waals surface area contributed by atoms with Gasteiger partial charge in [0.05, 0.1) is 0 Å². The summed E-state index contributed by atoms with van der Waals surface area (Å²) in [4.78, 5) is 29.2. The minimum Gasteiger partial charge on any atom is -0.353 e. The van der Waals surface area contributed by atoms with Crippen molar-refractivity contribution in [3.63, 3.8) is 0 Å². The summed E-state index contributed by atoms with van der Waals surface area (Å²) in [5, 5.41) is 8.21. The molecule has 0 bridgehead atoms. The number of amides is 1. The number of nitrogens with zero attached hydrogens (tertiary/aromatic N) is 9. The molecule has 0 aromatic carbocycles. The standard InChI is InChI=1S/C16H19N9O/c1-13-20-14(9-15(21-13)25-4-2-3-18-25)22-5-7-23(8-6-22)16(26)10-24-12-17-11-19-24/h2-4,9,11-12H,5-8,10H2,1H3. The van der Waals surface area contributed by atoms with Gasteiger partial charge in [-0.05, 0) is 13.0 Å². The fourth-order valence-electron chi connectivity index (χ4n) is 2.96. The van der Waals surface area contributed by atoms with Crippen LogP contribution in [0.4, 0.5) is 5.82 Å². The van der Waals surface area contributed by atoms with E-state index in [9.17, 15) is 4.79 Å². The van der Waals surface area contributed by atoms with Gasteiger partial charge in [0, 0.05) is 44.6 Å². The maximum Gasteiger partial charge on any atom is 0.244 e. The summed E-state index contributed by atoms with van der Waals surface area (Å²) in [5.74, 6) is 2.33. The first kappa shape index (κ1) is 16.2. The number of aromatic nitrogens is 7. The van der Waals surface area contributed by atoms with E-state index in [1.165, 1.54) is 6.33 Å². The van der Waals surface area contributed by atoms with Crippen molar-refractivity contribution in [2.45, 2.75) is 13.5 Å². The van der Waals surface area contributed by atoms with Gasteiger partial charge in [-0.1, -0.05) is 0 Å². The Morgan fingerprint density at radius 3 is 2.62 bits per heavy atom. The van der Waals surface area contributed by atoms with Crippen molar-refractivity contribution in [1.82, 2.24) is 39.4 Å². The number of hydrogen-bond acceptors (Lipinski definition) is 7. The Bertz CT molecular complexity index is 867. The quantitative estimate of drug-likeness (QED) is 0.646. The zero-order valence-corrected chi connectivity index (χ0v) is 14.4. The van der Waals surface area contributed by atoms with Crippen molar-refractivity contribution in [2.75, 3.05) is 31.1 Å². The molecule has 4 heterocycles. The molecule has 0 saturated carbocycles. The van der Waals surface area contributed by atoms with Crippen LogP contribution in [0, 0.1) is 6.92 Å². The highest BCUT2D eigenvalue weighted by Crippen LogP contribution is 2.17. The lowest BCUT2D eigenvalue weighted by Gasteiger charge is -2.35. The molecule has 134 valence electrons. The molecule has 0 atom stereocenters. The molecule has 0 radical (unpaired) electrons. The molecule has 1 amide bonds. The Morgan fingerprint density at radius 2 is 1.92 bits per heavy atom. The topological polar surface area (TPSA) is 97.9 Å². The molecule has 1 aliphatic heterocycles. The van der Waals surface area contributed by atoms with Crippen LogP contribution in [0.25, 0.3) is 5.82 Å². The molecule has 10 nitrogen and oxygen atoms in total. The lowest BCUT2D eigenvalue weighted by molar-refractivity contribution is -0.132. The Balaban J connectivity index is 1.42. The van der Waals surface area contributed by atoms with E-state index in [2.05, 4.69) is 30.0 Å². The molecular weight excluding hydrogens is 334 g/mol. The highest BCUT2D eigenvalue weighted by Gasteiger charge is 2.23. The van der Waals surface area contributed by atoms with E-state index >= 15 is 0 Å². The van der Waals surface area contributed by atoms with Gasteiger partial charge in [-0.25, -0.2) is 24.3 Å². The van der Waals surface area contributed by atoms with Crippen LogP contribution < -0.4 is 4.90 Å². The van der Waals surface area contributed by atoms with Crippen molar-refractivity contribution in [3.8, 4) is 5.82 Å². The third-order valence-corrected chi connectivity index (χ3v) is 4.27. The number of carbonyl (C=O) groups is 1. The summed E-state index contributed by atoms with van der Waals surface area (Å²) in [7, 11) is 0. The van der Waals surface area contributed by atoms with Gasteiger partial charge in [0.15, 0.2) is 5.82 Å². The maximum absolute atomic E-state index is 12.4. The minimum absolute atomic E-state index is 0.0475. The van der Waals surface area contributed by atoms with E-state index in [1.807, 2.05) is 30.2 Å². The molecule has 3 aromatic heterocycles. The number of hydrogen-bond donors (Lipinski definition) is 0. The molecule has 1 fully saturated rings. The van der Waals surface area contributed by atoms with Crippen molar-refractivity contribution in [3.05, 3.63) is 43.0 Å². The Labute approximate surface area is 150 Å². The number of piperazine rings is 1. The van der Waals surface area contributed by atoms with Crippen LogP contribution in [0.15, 0.2) is 37.2 Å². The van der Waals surface area contributed by atoms with Crippen LogP contribution in [-0.4, -0.2) is 71.5 Å². The molecule has 1 saturated heterocycles. The highest BCUT2D eigenvalue weighted by atomic mass is 16.2. The highest BCUT2D eigenvalue weighted by molar-refractivity contribution is 5.76. The molecule has 1 aliphatic rings. The number of carbonyl (C=O) groups excluding carboxylic acids is 1. The van der Waals surface area contributed by atoms with Crippen LogP contribution in [0.5, 0.6) is 0 Å². The molecule has 26 heavy (non-hydrogen) atoms. The largest absolute Gasteiger partial charge is 0.353 e. The van der Waals surface area contributed by atoms with Gasteiger partial charge in [0.2, 0.25) is 5.91 Å². The summed E-state index contributed by atoms with van der Waals surface area (Å²) in [6.45, 7) is 4.82. The average molecular weight is 353 g/mol. The number of rotatable bonds is 4. The number of aryl methyl sites for hydroxylation is 1. The minimum atomic E-state index is 0.0475. The first-order valence-electron chi connectivity index (χ1n) is 8.40. The fourth-order valence-corrected chi connectivity index (χ4v) is 2.96. The van der Waals surface area contributed by atoms with Crippen LogP contribution in [0.2, 0.25) is 0 Å². The predicted octanol–water partition coefficient (Wildman–Crippen LogP) is -0.0890. The summed E-state index contributed by atoms with van der Waals surface area (Å²) in [6, 6.07) is 3.78. The van der Waals surface area contributed by atoms with E-state index in [0.717, 1.165) is 24.7 Å². The Kier molecular flexibility index (Phi) is 4.30. The monoisotopic (exact) mass is 353 g/mol. The molecule has 0 N–H and O–H groups in total. The molecule has 0 aliphatic carbocycles. The van der Waals surface area contributed by atoms with Crippen molar-refractivity contribution in [1.29, 1.82) is 0 Å². The smallest absolute Gasteiger partial charge is 0.244 e. The predicted molar refractivity (Wildman–Crippen MR) is 92.7 cm³/mol. The van der Waals surface area contributed by atoms with Gasteiger partial charge < -0.3 is 9.80 Å². The zero-order chi connectivity index (χ0) is 17.9. The van der Waals surface area contributed by atoms with Gasteiger partial charge >= 0.3 is 0 Å². The van der Waals surface area contributed by atoms with Crippen LogP contribution in [0.1, 0.15) is 5.82 Å². The number of anilines is 1. The van der Waals surface area contributed by atoms with Crippen LogP contribution in [-0.2, 0) is 11.3 Å². The van der Waals surface area contributed by atoms with E-state index in [-0.39, 0.29) is 12.5 Å². The van der Waals surface area contributed by atoms with Gasteiger partial charge in [0.1, 0.15) is 30.8 Å². The Morgan fingerprint density at radius 1 is 1.12 bits per heavy atom. The summed E-state index contributed by atoms with van der Waals surface area (Å²) < 4.78 is 3.26. The lowest BCUT2D eigenvalue weighted by atomic mass is 10.3. The van der Waals surface area contributed by atoms with Crippen molar-refractivity contribution < 1.29 is 4.79 Å². The summed E-state index contributed by atoms with van der Waals surface area (Å²) >= 11 is 0. The van der Waals surface area contributed by atoms with Gasteiger partial charge in [-0.15, -0.1) is 0 Å². The fraction of sp³-hybridized carbons (Fsp3) is 0.375. The SMILES string of the molecule is Cc1nc(N2CCN(C(=O)Cn3cncn3)CC2)cc(-n2cccn2)n1. The maximum atomic E-state index is 12.4. The zero-order valence-electron chi connectivity index (χ0n) is 14.4. The lowest BCUT2D eigenvalue weighted by Crippen LogP contribution is -2.50. The third kappa shape index (κ3) is 3.39. The molecular formula is C16H19N9O. The summed E-state index contributed by atoms with van der Waals surface area (Å²) in [5.41, 5.74) is 0. The molecule has 3 aromatic rings. The van der Waals surface area contributed by atoms with E-state index < -0.39 is 0 Å². The second kappa shape index (κ2) is 6.90. The molecule has 10 heteroatoms. The van der Waals surface area contributed by atoms with Crippen molar-refractivity contribution >= 4 is 11.7 Å². The van der Waals surface area contributed by atoms with Gasteiger partial charge in [-0.2, -0.15) is 10.2 Å². The molecule has 0 unspecified atom stereocenters. The Hall–Kier alpha value is -3.30. The molecule has 0 spiro atoms. The second-order valence-corrected chi connectivity index (χ2v) is 6.04. The first-order valence-corrected chi connectivity index (χ1v) is 8.40.